The number of hydrogen-bond donors (Lipinski definition) is 1. The minimum atomic E-state index is -0.559. The number of rotatable bonds is 2. The maximum atomic E-state index is 13.7. The summed E-state index contributed by atoms with van der Waals surface area (Å²) in [6.45, 7) is 2.17. The van der Waals surface area contributed by atoms with Crippen LogP contribution < -0.4 is 5.32 Å². The lowest BCUT2D eigenvalue weighted by molar-refractivity contribution is 0.348. The number of nitrogens with one attached hydrogen (secondary N) is 1. The lowest BCUT2D eigenvalue weighted by atomic mass is 9.86. The Labute approximate surface area is 109 Å². The maximum Gasteiger partial charge on any atom is 0.150 e. The number of halogens is 3. The van der Waals surface area contributed by atoms with E-state index in [0.29, 0.717) is 16.1 Å². The Morgan fingerprint density at radius 1 is 1.24 bits per heavy atom. The van der Waals surface area contributed by atoms with E-state index in [4.69, 9.17) is 0 Å². The molecule has 0 spiro atoms. The van der Waals surface area contributed by atoms with Gasteiger partial charge in [-0.05, 0) is 40.8 Å². The van der Waals surface area contributed by atoms with Crippen molar-refractivity contribution in [2.45, 2.75) is 38.6 Å². The van der Waals surface area contributed by atoms with Gasteiger partial charge in [0.15, 0.2) is 0 Å². The van der Waals surface area contributed by atoms with Crippen molar-refractivity contribution < 1.29 is 8.78 Å². The van der Waals surface area contributed by atoms with Crippen LogP contribution in [0.4, 0.5) is 14.5 Å². The summed E-state index contributed by atoms with van der Waals surface area (Å²) in [6.07, 6.45) is 4.62. The molecule has 0 amide bonds. The second kappa shape index (κ2) is 5.34. The summed E-state index contributed by atoms with van der Waals surface area (Å²) in [5.74, 6) is -0.564. The molecule has 0 radical (unpaired) electrons. The fraction of sp³-hybridized carbons (Fsp3) is 0.538. The van der Waals surface area contributed by atoms with Gasteiger partial charge in [-0.2, -0.15) is 0 Å². The van der Waals surface area contributed by atoms with Gasteiger partial charge in [-0.1, -0.05) is 19.8 Å². The Bertz CT molecular complexity index is 385. The van der Waals surface area contributed by atoms with Crippen LogP contribution in [0.15, 0.2) is 16.6 Å². The first-order valence-electron chi connectivity index (χ1n) is 5.99. The van der Waals surface area contributed by atoms with Crippen molar-refractivity contribution in [1.82, 2.24) is 0 Å². The van der Waals surface area contributed by atoms with Gasteiger partial charge in [0.25, 0.3) is 0 Å². The average Bonchev–Trinajstić information content (AvgIpc) is 2.25. The summed E-state index contributed by atoms with van der Waals surface area (Å²) < 4.78 is 27.1. The third kappa shape index (κ3) is 2.97. The summed E-state index contributed by atoms with van der Waals surface area (Å²) in [5.41, 5.74) is 0.380. The zero-order valence-corrected chi connectivity index (χ0v) is 11.4. The van der Waals surface area contributed by atoms with Crippen LogP contribution in [0, 0.1) is 17.6 Å². The van der Waals surface area contributed by atoms with Crippen molar-refractivity contribution in [3.8, 4) is 0 Å². The first kappa shape index (κ1) is 12.8. The Hall–Kier alpha value is -0.640. The van der Waals surface area contributed by atoms with E-state index in [1.807, 2.05) is 0 Å². The smallest absolute Gasteiger partial charge is 0.150 e. The van der Waals surface area contributed by atoms with Crippen LogP contribution in [-0.4, -0.2) is 6.04 Å². The van der Waals surface area contributed by atoms with Crippen molar-refractivity contribution in [3.63, 3.8) is 0 Å². The van der Waals surface area contributed by atoms with Crippen molar-refractivity contribution in [2.75, 3.05) is 5.32 Å². The van der Waals surface area contributed by atoms with Crippen LogP contribution in [-0.2, 0) is 0 Å². The van der Waals surface area contributed by atoms with E-state index in [9.17, 15) is 8.78 Å². The van der Waals surface area contributed by atoms with Crippen molar-refractivity contribution >= 4 is 21.6 Å². The molecular weight excluding hydrogens is 288 g/mol. The SMILES string of the molecule is CC1CCCCC1Nc1c(F)cc(F)cc1Br. The summed E-state index contributed by atoms with van der Waals surface area (Å²) in [6, 6.07) is 2.49. The van der Waals surface area contributed by atoms with Gasteiger partial charge in [-0.3, -0.25) is 0 Å². The molecule has 1 aliphatic rings. The first-order chi connectivity index (χ1) is 8.08. The minimum Gasteiger partial charge on any atom is -0.379 e. The van der Waals surface area contributed by atoms with Gasteiger partial charge in [0.05, 0.1) is 5.69 Å². The van der Waals surface area contributed by atoms with Gasteiger partial charge in [-0.25, -0.2) is 8.78 Å². The molecule has 0 aromatic heterocycles. The van der Waals surface area contributed by atoms with Gasteiger partial charge >= 0.3 is 0 Å². The van der Waals surface area contributed by atoms with Crippen LogP contribution >= 0.6 is 15.9 Å². The molecule has 0 saturated heterocycles. The van der Waals surface area contributed by atoms with E-state index >= 15 is 0 Å². The second-order valence-electron chi connectivity index (χ2n) is 4.76. The van der Waals surface area contributed by atoms with Crippen molar-refractivity contribution in [1.29, 1.82) is 0 Å². The van der Waals surface area contributed by atoms with Crippen LogP contribution in [0.5, 0.6) is 0 Å². The number of benzene rings is 1. The average molecular weight is 304 g/mol. The minimum absolute atomic E-state index is 0.278. The molecule has 4 heteroatoms. The first-order valence-corrected chi connectivity index (χ1v) is 6.78. The molecule has 2 atom stereocenters. The third-order valence-electron chi connectivity index (χ3n) is 3.45. The fourth-order valence-electron chi connectivity index (χ4n) is 2.40. The molecule has 1 aliphatic carbocycles. The van der Waals surface area contributed by atoms with Gasteiger partial charge in [-0.15, -0.1) is 0 Å². The molecule has 0 aliphatic heterocycles. The largest absolute Gasteiger partial charge is 0.379 e. The highest BCUT2D eigenvalue weighted by molar-refractivity contribution is 9.10. The van der Waals surface area contributed by atoms with Crippen LogP contribution in [0.2, 0.25) is 0 Å². The van der Waals surface area contributed by atoms with E-state index in [0.717, 1.165) is 18.9 Å². The second-order valence-corrected chi connectivity index (χ2v) is 5.61. The topological polar surface area (TPSA) is 12.0 Å². The van der Waals surface area contributed by atoms with E-state index in [2.05, 4.69) is 28.2 Å². The number of anilines is 1. The molecule has 1 nitrogen and oxygen atoms in total. The van der Waals surface area contributed by atoms with Gasteiger partial charge < -0.3 is 5.32 Å². The lowest BCUT2D eigenvalue weighted by Gasteiger charge is -2.30. The quantitative estimate of drug-likeness (QED) is 0.834. The molecule has 2 rings (SSSR count). The van der Waals surface area contributed by atoms with Crippen LogP contribution in [0.1, 0.15) is 32.6 Å². The molecule has 1 aromatic carbocycles. The Morgan fingerprint density at radius 2 is 1.94 bits per heavy atom. The zero-order valence-electron chi connectivity index (χ0n) is 9.77. The molecule has 1 saturated carbocycles. The molecule has 1 N–H and O–H groups in total. The molecule has 94 valence electrons. The van der Waals surface area contributed by atoms with Crippen molar-refractivity contribution in [2.24, 2.45) is 5.92 Å². The molecule has 1 aromatic rings. The standard InChI is InChI=1S/C13H16BrF2N/c1-8-4-2-3-5-12(8)17-13-10(14)6-9(15)7-11(13)16/h6-8,12,17H,2-5H2,1H3. The Kier molecular flexibility index (Phi) is 4.02. The third-order valence-corrected chi connectivity index (χ3v) is 4.07. The fourth-order valence-corrected chi connectivity index (χ4v) is 2.92. The Balaban J connectivity index is 2.17. The normalized spacial score (nSPS) is 24.7. The van der Waals surface area contributed by atoms with E-state index < -0.39 is 11.6 Å². The monoisotopic (exact) mass is 303 g/mol. The van der Waals surface area contributed by atoms with Gasteiger partial charge in [0, 0.05) is 16.6 Å². The molecule has 2 unspecified atom stereocenters. The van der Waals surface area contributed by atoms with Gasteiger partial charge in [0.1, 0.15) is 11.6 Å². The zero-order chi connectivity index (χ0) is 12.4. The molecule has 0 heterocycles. The number of hydrogen-bond acceptors (Lipinski definition) is 1. The van der Waals surface area contributed by atoms with Crippen molar-refractivity contribution in [3.05, 3.63) is 28.2 Å². The summed E-state index contributed by atoms with van der Waals surface area (Å²) >= 11 is 3.20. The van der Waals surface area contributed by atoms with Crippen LogP contribution in [0.3, 0.4) is 0 Å². The summed E-state index contributed by atoms with van der Waals surface area (Å²) in [5, 5.41) is 3.21. The maximum absolute atomic E-state index is 13.7. The highest BCUT2D eigenvalue weighted by Crippen LogP contribution is 2.32. The summed E-state index contributed by atoms with van der Waals surface area (Å²) in [4.78, 5) is 0. The molecular formula is C13H16BrF2N. The molecule has 1 fully saturated rings. The Morgan fingerprint density at radius 3 is 2.59 bits per heavy atom. The van der Waals surface area contributed by atoms with E-state index in [-0.39, 0.29) is 6.04 Å². The molecule has 17 heavy (non-hydrogen) atoms. The highest BCUT2D eigenvalue weighted by atomic mass is 79.9. The summed E-state index contributed by atoms with van der Waals surface area (Å²) in [7, 11) is 0. The van der Waals surface area contributed by atoms with E-state index in [1.165, 1.54) is 18.9 Å². The predicted octanol–water partition coefficient (Wildman–Crippen LogP) is 4.72. The predicted molar refractivity (Wildman–Crippen MR) is 69.1 cm³/mol. The van der Waals surface area contributed by atoms with Gasteiger partial charge in [0.2, 0.25) is 0 Å². The van der Waals surface area contributed by atoms with Crippen LogP contribution in [0.25, 0.3) is 0 Å². The molecule has 0 bridgehead atoms. The highest BCUT2D eigenvalue weighted by Gasteiger charge is 2.23. The van der Waals surface area contributed by atoms with E-state index in [1.54, 1.807) is 0 Å². The lowest BCUT2D eigenvalue weighted by Crippen LogP contribution is -2.30.